The molecule has 6 rings (SSSR count). The fraction of sp³-hybridized carbons (Fsp3) is 0.500. The van der Waals surface area contributed by atoms with Crippen LogP contribution in [-0.4, -0.2) is 52.1 Å². The lowest BCUT2D eigenvalue weighted by Crippen LogP contribution is -2.46. The second-order valence-electron chi connectivity index (χ2n) is 10.7. The molecule has 2 fully saturated rings. The van der Waals surface area contributed by atoms with Gasteiger partial charge in [-0.25, -0.2) is 22.5 Å². The third-order valence-electron chi connectivity index (χ3n) is 7.82. The van der Waals surface area contributed by atoms with E-state index in [4.69, 9.17) is 16.3 Å². The number of nitrogens with zero attached hydrogens (tertiary/aromatic N) is 4. The van der Waals surface area contributed by atoms with Gasteiger partial charge in [0.15, 0.2) is 12.4 Å². The molecule has 0 amide bonds. The van der Waals surface area contributed by atoms with E-state index >= 15 is 0 Å². The predicted molar refractivity (Wildman–Crippen MR) is 141 cm³/mol. The van der Waals surface area contributed by atoms with Gasteiger partial charge in [-0.05, 0) is 37.0 Å². The number of halogens is 5. The van der Waals surface area contributed by atoms with Gasteiger partial charge >= 0.3 is 5.92 Å². The number of aromatic nitrogens is 3. The number of piperidine rings is 1. The third kappa shape index (κ3) is 4.62. The van der Waals surface area contributed by atoms with Gasteiger partial charge in [0.05, 0.1) is 23.4 Å². The number of hydrogen-bond acceptors (Lipinski definition) is 7. The van der Waals surface area contributed by atoms with Crippen molar-refractivity contribution in [3.8, 4) is 5.75 Å². The van der Waals surface area contributed by atoms with Crippen LogP contribution in [0.1, 0.15) is 26.2 Å². The second kappa shape index (κ2) is 9.14. The zero-order valence-corrected chi connectivity index (χ0v) is 22.0. The summed E-state index contributed by atoms with van der Waals surface area (Å²) in [4.78, 5) is 23.4. The topological polar surface area (TPSA) is 84.3 Å². The number of benzene rings is 1. The molecule has 4 heterocycles. The van der Waals surface area contributed by atoms with E-state index in [1.807, 2.05) is 0 Å². The molecule has 208 valence electrons. The van der Waals surface area contributed by atoms with Crippen LogP contribution in [0.4, 0.5) is 40.7 Å². The number of pyridine rings is 1. The maximum Gasteiger partial charge on any atom is 0.301 e. The van der Waals surface area contributed by atoms with Gasteiger partial charge in [0.2, 0.25) is 11.7 Å². The van der Waals surface area contributed by atoms with E-state index in [-0.39, 0.29) is 53.7 Å². The quantitative estimate of drug-likeness (QED) is 0.408. The SMILES string of the molecule is CC1CN(c2ncc(Cl)c(Nc3ccc4c(c3)c3c(c(=O)n4C)OCC(F)(F)C(C4CC4)N3)n2)CCC1(F)F. The normalized spacial score (nSPS) is 23.9. The second-order valence-corrected chi connectivity index (χ2v) is 11.1. The molecule has 1 aromatic carbocycles. The van der Waals surface area contributed by atoms with Crippen LogP contribution in [0.5, 0.6) is 5.75 Å². The van der Waals surface area contributed by atoms with Crippen molar-refractivity contribution in [3.05, 3.63) is 39.8 Å². The van der Waals surface area contributed by atoms with Crippen molar-refractivity contribution in [1.29, 1.82) is 0 Å². The van der Waals surface area contributed by atoms with Crippen molar-refractivity contribution in [2.75, 3.05) is 35.2 Å². The van der Waals surface area contributed by atoms with Gasteiger partial charge in [0, 0.05) is 43.5 Å². The maximum atomic E-state index is 14.9. The van der Waals surface area contributed by atoms with Gasteiger partial charge in [-0.3, -0.25) is 4.79 Å². The van der Waals surface area contributed by atoms with Crippen molar-refractivity contribution in [2.24, 2.45) is 18.9 Å². The lowest BCUT2D eigenvalue weighted by molar-refractivity contribution is -0.0653. The molecular formula is C26H27ClF4N6O2. The van der Waals surface area contributed by atoms with Gasteiger partial charge in [-0.15, -0.1) is 0 Å². The number of ether oxygens (including phenoxy) is 1. The average molecular weight is 567 g/mol. The van der Waals surface area contributed by atoms with Crippen molar-refractivity contribution in [3.63, 3.8) is 0 Å². The van der Waals surface area contributed by atoms with Crippen LogP contribution in [0.2, 0.25) is 5.02 Å². The Kier molecular flexibility index (Phi) is 6.09. The largest absolute Gasteiger partial charge is 0.480 e. The summed E-state index contributed by atoms with van der Waals surface area (Å²) >= 11 is 6.37. The minimum Gasteiger partial charge on any atom is -0.480 e. The predicted octanol–water partition coefficient (Wildman–Crippen LogP) is 5.43. The number of anilines is 4. The first-order chi connectivity index (χ1) is 18.4. The first-order valence-electron chi connectivity index (χ1n) is 12.8. The maximum absolute atomic E-state index is 14.9. The monoisotopic (exact) mass is 566 g/mol. The molecule has 3 aromatic rings. The molecule has 0 spiro atoms. The van der Waals surface area contributed by atoms with Gasteiger partial charge < -0.3 is 24.8 Å². The van der Waals surface area contributed by atoms with Gasteiger partial charge in [0.1, 0.15) is 5.02 Å². The van der Waals surface area contributed by atoms with Crippen molar-refractivity contribution in [1.82, 2.24) is 14.5 Å². The van der Waals surface area contributed by atoms with Crippen LogP contribution < -0.4 is 25.8 Å². The molecule has 13 heteroatoms. The van der Waals surface area contributed by atoms with Crippen LogP contribution in [-0.2, 0) is 7.05 Å². The minimum atomic E-state index is -3.14. The molecule has 1 saturated carbocycles. The molecule has 0 radical (unpaired) electrons. The van der Waals surface area contributed by atoms with Gasteiger partial charge in [0.25, 0.3) is 11.5 Å². The summed E-state index contributed by atoms with van der Waals surface area (Å²) in [6.07, 6.45) is 2.46. The Bertz CT molecular complexity index is 1510. The van der Waals surface area contributed by atoms with E-state index in [2.05, 4.69) is 20.6 Å². The van der Waals surface area contributed by atoms with Crippen molar-refractivity contribution >= 4 is 45.6 Å². The van der Waals surface area contributed by atoms with E-state index in [9.17, 15) is 22.4 Å². The molecule has 2 atom stereocenters. The Morgan fingerprint density at radius 1 is 1.21 bits per heavy atom. The van der Waals surface area contributed by atoms with E-state index in [0.29, 0.717) is 29.4 Å². The number of nitrogens with one attached hydrogen (secondary N) is 2. The molecule has 39 heavy (non-hydrogen) atoms. The smallest absolute Gasteiger partial charge is 0.301 e. The van der Waals surface area contributed by atoms with Crippen LogP contribution in [0.25, 0.3) is 10.9 Å². The number of rotatable bonds is 4. The fourth-order valence-corrected chi connectivity index (χ4v) is 5.43. The van der Waals surface area contributed by atoms with E-state index < -0.39 is 36.0 Å². The molecule has 2 aliphatic heterocycles. The van der Waals surface area contributed by atoms with Crippen LogP contribution in [0.15, 0.2) is 29.2 Å². The zero-order chi connectivity index (χ0) is 27.7. The summed E-state index contributed by atoms with van der Waals surface area (Å²) in [6, 6.07) is 3.96. The average Bonchev–Trinajstić information content (AvgIpc) is 3.73. The molecule has 2 N–H and O–H groups in total. The Hall–Kier alpha value is -3.28. The standard InChI is InChI=1S/C26H27ClF4N6O2/c1-13-11-37(8-7-25(13,28)29)24-32-10-17(27)22(35-24)33-15-5-6-18-16(9-15)19-20(23(38)36(18)2)39-12-26(30,31)21(34-19)14-3-4-14/h5-6,9-10,13-14,21,34H,3-4,7-8,11-12H2,1-2H3,(H,32,33,35). The van der Waals surface area contributed by atoms with Crippen molar-refractivity contribution in [2.45, 2.75) is 44.1 Å². The van der Waals surface area contributed by atoms with E-state index in [1.165, 1.54) is 17.7 Å². The molecule has 2 aromatic heterocycles. The Morgan fingerprint density at radius 2 is 1.97 bits per heavy atom. The highest BCUT2D eigenvalue weighted by atomic mass is 35.5. The summed E-state index contributed by atoms with van der Waals surface area (Å²) in [5.74, 6) is -6.57. The lowest BCUT2D eigenvalue weighted by Gasteiger charge is -2.36. The highest BCUT2D eigenvalue weighted by molar-refractivity contribution is 6.32. The highest BCUT2D eigenvalue weighted by Gasteiger charge is 2.51. The van der Waals surface area contributed by atoms with Gasteiger partial charge in [-0.2, -0.15) is 4.98 Å². The summed E-state index contributed by atoms with van der Waals surface area (Å²) in [6.45, 7) is 0.816. The zero-order valence-electron chi connectivity index (χ0n) is 21.3. The molecular weight excluding hydrogens is 540 g/mol. The summed E-state index contributed by atoms with van der Waals surface area (Å²) in [7, 11) is 1.56. The number of hydrogen-bond donors (Lipinski definition) is 2. The lowest BCUT2D eigenvalue weighted by atomic mass is 9.96. The first-order valence-corrected chi connectivity index (χ1v) is 13.2. The molecule has 2 unspecified atom stereocenters. The first kappa shape index (κ1) is 26.0. The van der Waals surface area contributed by atoms with Crippen LogP contribution in [0.3, 0.4) is 0 Å². The molecule has 0 bridgehead atoms. The Balaban J connectivity index is 1.36. The number of aryl methyl sites for hydroxylation is 1. The van der Waals surface area contributed by atoms with E-state index in [1.54, 1.807) is 30.1 Å². The molecule has 3 aliphatic rings. The number of fused-ring (bicyclic) bond motifs is 3. The highest BCUT2D eigenvalue weighted by Crippen LogP contribution is 2.45. The Morgan fingerprint density at radius 3 is 2.69 bits per heavy atom. The van der Waals surface area contributed by atoms with Crippen LogP contribution in [0, 0.1) is 11.8 Å². The van der Waals surface area contributed by atoms with Gasteiger partial charge in [-0.1, -0.05) is 18.5 Å². The van der Waals surface area contributed by atoms with Crippen LogP contribution >= 0.6 is 11.6 Å². The number of alkyl halides is 4. The third-order valence-corrected chi connectivity index (χ3v) is 8.09. The molecule has 1 saturated heterocycles. The summed E-state index contributed by atoms with van der Waals surface area (Å²) in [5.41, 5.74) is 0.762. The summed E-state index contributed by atoms with van der Waals surface area (Å²) < 4.78 is 64.5. The summed E-state index contributed by atoms with van der Waals surface area (Å²) in [5, 5.41) is 6.80. The minimum absolute atomic E-state index is 0.0999. The van der Waals surface area contributed by atoms with E-state index in [0.717, 1.165) is 0 Å². The molecule has 8 nitrogen and oxygen atoms in total. The van der Waals surface area contributed by atoms with Crippen molar-refractivity contribution < 1.29 is 22.3 Å². The Labute approximate surface area is 226 Å². The fourth-order valence-electron chi connectivity index (χ4n) is 5.29. The molecule has 1 aliphatic carbocycles.